The van der Waals surface area contributed by atoms with Crippen LogP contribution >= 0.6 is 0 Å². The van der Waals surface area contributed by atoms with E-state index in [1.165, 1.54) is 25.3 Å². The van der Waals surface area contributed by atoms with Crippen molar-refractivity contribution in [3.05, 3.63) is 63.7 Å². The number of esters is 1. The van der Waals surface area contributed by atoms with Gasteiger partial charge in [-0.25, -0.2) is 4.79 Å². The second kappa shape index (κ2) is 6.91. The predicted octanol–water partition coefficient (Wildman–Crippen LogP) is 3.95. The topological polar surface area (TPSA) is 78.7 Å². The summed E-state index contributed by atoms with van der Waals surface area (Å²) in [7, 11) is 1.40. The minimum atomic E-state index is -0.598. The molecule has 0 saturated carbocycles. The van der Waals surface area contributed by atoms with Gasteiger partial charge in [0.05, 0.1) is 23.7 Å². The van der Waals surface area contributed by atoms with Gasteiger partial charge in [-0.3, -0.25) is 10.1 Å². The van der Waals surface area contributed by atoms with Crippen LogP contribution in [0, 0.1) is 10.1 Å². The van der Waals surface area contributed by atoms with Crippen molar-refractivity contribution in [2.75, 3.05) is 7.11 Å². The van der Waals surface area contributed by atoms with E-state index in [2.05, 4.69) is 13.8 Å². The van der Waals surface area contributed by atoms with Crippen LogP contribution in [0.5, 0.6) is 11.5 Å². The third-order valence-electron chi connectivity index (χ3n) is 3.37. The van der Waals surface area contributed by atoms with Gasteiger partial charge in [0.15, 0.2) is 11.5 Å². The summed E-state index contributed by atoms with van der Waals surface area (Å²) in [5.41, 5.74) is 1.29. The number of methoxy groups -OCH3 is 1. The normalized spacial score (nSPS) is 10.4. The predicted molar refractivity (Wildman–Crippen MR) is 85.1 cm³/mol. The van der Waals surface area contributed by atoms with Crippen molar-refractivity contribution in [2.45, 2.75) is 19.8 Å². The Balaban J connectivity index is 2.25. The highest BCUT2D eigenvalue weighted by molar-refractivity contribution is 5.91. The SMILES string of the molecule is COc1ccc([N+](=O)[O-])cc1OC(=O)c1ccc(C(C)C)cc1. The van der Waals surface area contributed by atoms with Gasteiger partial charge in [-0.15, -0.1) is 0 Å². The molecule has 2 aromatic carbocycles. The number of carbonyl (C=O) groups excluding carboxylic acids is 1. The average Bonchev–Trinajstić information content (AvgIpc) is 2.54. The van der Waals surface area contributed by atoms with Gasteiger partial charge in [-0.1, -0.05) is 26.0 Å². The van der Waals surface area contributed by atoms with Crippen LogP contribution in [-0.4, -0.2) is 18.0 Å². The summed E-state index contributed by atoms with van der Waals surface area (Å²) >= 11 is 0. The molecule has 0 unspecified atom stereocenters. The highest BCUT2D eigenvalue weighted by Crippen LogP contribution is 2.31. The van der Waals surface area contributed by atoms with Gasteiger partial charge >= 0.3 is 5.97 Å². The molecule has 0 N–H and O–H groups in total. The number of benzene rings is 2. The van der Waals surface area contributed by atoms with Crippen LogP contribution in [0.4, 0.5) is 5.69 Å². The molecule has 2 rings (SSSR count). The molecule has 0 amide bonds. The molecule has 0 atom stereocenters. The van der Waals surface area contributed by atoms with Crippen LogP contribution in [0.15, 0.2) is 42.5 Å². The quantitative estimate of drug-likeness (QED) is 0.361. The summed E-state index contributed by atoms with van der Waals surface area (Å²) in [6.45, 7) is 4.11. The van der Waals surface area contributed by atoms with Crippen LogP contribution in [0.25, 0.3) is 0 Å². The Hall–Kier alpha value is -2.89. The zero-order valence-corrected chi connectivity index (χ0v) is 13.1. The van der Waals surface area contributed by atoms with Gasteiger partial charge in [0.25, 0.3) is 5.69 Å². The highest BCUT2D eigenvalue weighted by atomic mass is 16.6. The molecule has 23 heavy (non-hydrogen) atoms. The van der Waals surface area contributed by atoms with Crippen molar-refractivity contribution >= 4 is 11.7 Å². The van der Waals surface area contributed by atoms with Gasteiger partial charge in [-0.05, 0) is 29.7 Å². The third-order valence-corrected chi connectivity index (χ3v) is 3.37. The first-order valence-corrected chi connectivity index (χ1v) is 7.07. The lowest BCUT2D eigenvalue weighted by molar-refractivity contribution is -0.384. The monoisotopic (exact) mass is 315 g/mol. The van der Waals surface area contributed by atoms with E-state index in [4.69, 9.17) is 9.47 Å². The number of nitro benzene ring substituents is 1. The fourth-order valence-corrected chi connectivity index (χ4v) is 2.02. The molecule has 0 aliphatic carbocycles. The molecule has 2 aromatic rings. The van der Waals surface area contributed by atoms with Crippen LogP contribution < -0.4 is 9.47 Å². The van der Waals surface area contributed by atoms with Gasteiger partial charge in [0.1, 0.15) is 0 Å². The van der Waals surface area contributed by atoms with Crippen molar-refractivity contribution < 1.29 is 19.2 Å². The number of nitrogens with zero attached hydrogens (tertiary/aromatic N) is 1. The largest absolute Gasteiger partial charge is 0.493 e. The highest BCUT2D eigenvalue weighted by Gasteiger charge is 2.17. The fourth-order valence-electron chi connectivity index (χ4n) is 2.02. The maximum atomic E-state index is 12.2. The second-order valence-electron chi connectivity index (χ2n) is 5.26. The van der Waals surface area contributed by atoms with E-state index in [0.717, 1.165) is 5.56 Å². The number of hydrogen-bond acceptors (Lipinski definition) is 5. The Morgan fingerprint density at radius 3 is 2.26 bits per heavy atom. The molecule has 6 nitrogen and oxygen atoms in total. The minimum Gasteiger partial charge on any atom is -0.493 e. The first kappa shape index (κ1) is 16.5. The van der Waals surface area contributed by atoms with Gasteiger partial charge < -0.3 is 9.47 Å². The van der Waals surface area contributed by atoms with Crippen molar-refractivity contribution in [3.8, 4) is 11.5 Å². The summed E-state index contributed by atoms with van der Waals surface area (Å²) in [6.07, 6.45) is 0. The molecule has 0 aliphatic heterocycles. The minimum absolute atomic E-state index is 0.0136. The lowest BCUT2D eigenvalue weighted by Crippen LogP contribution is -2.09. The molecule has 6 heteroatoms. The number of ether oxygens (including phenoxy) is 2. The molecular weight excluding hydrogens is 298 g/mol. The average molecular weight is 315 g/mol. The Bertz CT molecular complexity index is 722. The van der Waals surface area contributed by atoms with E-state index in [9.17, 15) is 14.9 Å². The molecule has 0 aromatic heterocycles. The lowest BCUT2D eigenvalue weighted by atomic mass is 10.0. The van der Waals surface area contributed by atoms with Gasteiger partial charge in [-0.2, -0.15) is 0 Å². The van der Waals surface area contributed by atoms with Crippen LogP contribution in [-0.2, 0) is 0 Å². The van der Waals surface area contributed by atoms with Crippen molar-refractivity contribution in [2.24, 2.45) is 0 Å². The molecule has 0 aliphatic rings. The van der Waals surface area contributed by atoms with Crippen LogP contribution in [0.3, 0.4) is 0 Å². The number of hydrogen-bond donors (Lipinski definition) is 0. The second-order valence-corrected chi connectivity index (χ2v) is 5.26. The maximum Gasteiger partial charge on any atom is 0.343 e. The zero-order chi connectivity index (χ0) is 17.0. The number of carbonyl (C=O) groups is 1. The maximum absolute atomic E-state index is 12.2. The molecule has 0 fully saturated rings. The van der Waals surface area contributed by atoms with E-state index in [1.54, 1.807) is 12.1 Å². The Morgan fingerprint density at radius 1 is 1.09 bits per heavy atom. The van der Waals surface area contributed by atoms with E-state index in [-0.39, 0.29) is 17.2 Å². The molecule has 0 heterocycles. The Kier molecular flexibility index (Phi) is 4.95. The first-order chi connectivity index (χ1) is 10.9. The summed E-state index contributed by atoms with van der Waals surface area (Å²) in [6, 6.07) is 10.9. The molecular formula is C17H17NO5. The van der Waals surface area contributed by atoms with Crippen molar-refractivity contribution in [3.63, 3.8) is 0 Å². The van der Waals surface area contributed by atoms with E-state index >= 15 is 0 Å². The van der Waals surface area contributed by atoms with E-state index < -0.39 is 10.9 Å². The third kappa shape index (κ3) is 3.85. The summed E-state index contributed by atoms with van der Waals surface area (Å²) in [5, 5.41) is 10.8. The summed E-state index contributed by atoms with van der Waals surface area (Å²) in [4.78, 5) is 22.5. The van der Waals surface area contributed by atoms with Crippen LogP contribution in [0.2, 0.25) is 0 Å². The zero-order valence-electron chi connectivity index (χ0n) is 13.1. The Labute approximate surface area is 133 Å². The van der Waals surface area contributed by atoms with Crippen LogP contribution in [0.1, 0.15) is 35.7 Å². The molecule has 120 valence electrons. The van der Waals surface area contributed by atoms with Gasteiger partial charge in [0.2, 0.25) is 0 Å². The van der Waals surface area contributed by atoms with Gasteiger partial charge in [0, 0.05) is 6.07 Å². The fraction of sp³-hybridized carbons (Fsp3) is 0.235. The first-order valence-electron chi connectivity index (χ1n) is 7.07. The number of rotatable bonds is 5. The molecule has 0 spiro atoms. The van der Waals surface area contributed by atoms with Crippen molar-refractivity contribution in [1.29, 1.82) is 0 Å². The molecule has 0 radical (unpaired) electrons. The summed E-state index contributed by atoms with van der Waals surface area (Å²) in [5.74, 6) is 0.0263. The number of non-ortho nitro benzene ring substituents is 1. The Morgan fingerprint density at radius 2 is 1.74 bits per heavy atom. The van der Waals surface area contributed by atoms with Crippen molar-refractivity contribution in [1.82, 2.24) is 0 Å². The van der Waals surface area contributed by atoms with E-state index in [0.29, 0.717) is 11.5 Å². The number of nitro groups is 1. The standard InChI is InChI=1S/C17H17NO5/c1-11(2)12-4-6-13(7-5-12)17(19)23-16-10-14(18(20)21)8-9-15(16)22-3/h4-11H,1-3H3. The van der Waals surface area contributed by atoms with E-state index in [1.807, 2.05) is 12.1 Å². The molecule has 0 saturated heterocycles. The smallest absolute Gasteiger partial charge is 0.343 e. The molecule has 0 bridgehead atoms. The summed E-state index contributed by atoms with van der Waals surface area (Å²) < 4.78 is 10.3. The lowest BCUT2D eigenvalue weighted by Gasteiger charge is -2.10.